The van der Waals surface area contributed by atoms with Crippen LogP contribution >= 0.6 is 31.9 Å². The van der Waals surface area contributed by atoms with Crippen LogP contribution in [0, 0.1) is 0 Å². The maximum atomic E-state index is 11.9. The van der Waals surface area contributed by atoms with Gasteiger partial charge in [-0.3, -0.25) is 4.79 Å². The van der Waals surface area contributed by atoms with E-state index in [2.05, 4.69) is 37.2 Å². The number of hydrogen-bond acceptors (Lipinski definition) is 1. The number of amides is 1. The summed E-state index contributed by atoms with van der Waals surface area (Å²) in [6, 6.07) is 15.2. The quantitative estimate of drug-likeness (QED) is 0.854. The molecule has 0 heterocycles. The molecule has 0 atom stereocenters. The summed E-state index contributed by atoms with van der Waals surface area (Å²) in [4.78, 5) is 11.9. The second kappa shape index (κ2) is 6.16. The lowest BCUT2D eigenvalue weighted by Gasteiger charge is -2.06. The Hall–Kier alpha value is -1.13. The van der Waals surface area contributed by atoms with Crippen LogP contribution in [0.3, 0.4) is 0 Å². The van der Waals surface area contributed by atoms with Crippen LogP contribution in [0.2, 0.25) is 0 Å². The molecule has 4 heteroatoms. The van der Waals surface area contributed by atoms with Crippen LogP contribution in [0.1, 0.15) is 5.56 Å². The number of halogens is 2. The summed E-state index contributed by atoms with van der Waals surface area (Å²) in [6.07, 6.45) is 0.359. The number of rotatable bonds is 3. The molecule has 2 rings (SSSR count). The van der Waals surface area contributed by atoms with Crippen molar-refractivity contribution in [2.75, 3.05) is 5.32 Å². The Bertz CT molecular complexity index is 552. The van der Waals surface area contributed by atoms with Gasteiger partial charge in [0.15, 0.2) is 0 Å². The lowest BCUT2D eigenvalue weighted by Crippen LogP contribution is -2.14. The van der Waals surface area contributed by atoms with Gasteiger partial charge in [-0.1, -0.05) is 50.1 Å². The fourth-order valence-electron chi connectivity index (χ4n) is 1.55. The van der Waals surface area contributed by atoms with Crippen LogP contribution in [0.5, 0.6) is 0 Å². The summed E-state index contributed by atoms with van der Waals surface area (Å²) in [5, 5.41) is 2.86. The summed E-state index contributed by atoms with van der Waals surface area (Å²) in [6.45, 7) is 0. The predicted octanol–water partition coefficient (Wildman–Crippen LogP) is 4.39. The van der Waals surface area contributed by atoms with E-state index in [1.807, 2.05) is 48.5 Å². The molecule has 0 aliphatic carbocycles. The Labute approximate surface area is 123 Å². The number of anilines is 1. The maximum absolute atomic E-state index is 11.9. The molecule has 1 N–H and O–H groups in total. The number of carbonyl (C=O) groups excluding carboxylic acids is 1. The van der Waals surface area contributed by atoms with E-state index < -0.39 is 0 Å². The van der Waals surface area contributed by atoms with Crippen molar-refractivity contribution in [1.29, 1.82) is 0 Å². The molecule has 0 aliphatic rings. The molecular formula is C14H11Br2NO. The molecule has 1 amide bonds. The molecule has 2 aromatic rings. The molecule has 0 radical (unpaired) electrons. The van der Waals surface area contributed by atoms with Crippen molar-refractivity contribution in [1.82, 2.24) is 0 Å². The summed E-state index contributed by atoms with van der Waals surface area (Å²) in [5.41, 5.74) is 1.78. The van der Waals surface area contributed by atoms with E-state index in [-0.39, 0.29) is 5.91 Å². The van der Waals surface area contributed by atoms with Crippen molar-refractivity contribution >= 4 is 43.5 Å². The van der Waals surface area contributed by atoms with Crippen molar-refractivity contribution in [3.63, 3.8) is 0 Å². The maximum Gasteiger partial charge on any atom is 0.228 e. The van der Waals surface area contributed by atoms with E-state index in [0.29, 0.717) is 6.42 Å². The normalized spacial score (nSPS) is 10.1. The zero-order valence-corrected chi connectivity index (χ0v) is 12.7. The minimum Gasteiger partial charge on any atom is -0.326 e. The fraction of sp³-hybridized carbons (Fsp3) is 0.0714. The van der Waals surface area contributed by atoms with E-state index in [4.69, 9.17) is 0 Å². The average molecular weight is 369 g/mol. The van der Waals surface area contributed by atoms with Crippen molar-refractivity contribution in [2.45, 2.75) is 6.42 Å². The highest BCUT2D eigenvalue weighted by Crippen LogP contribution is 2.18. The molecule has 0 bridgehead atoms. The molecule has 0 saturated heterocycles. The molecule has 18 heavy (non-hydrogen) atoms. The smallest absolute Gasteiger partial charge is 0.228 e. The van der Waals surface area contributed by atoms with Gasteiger partial charge in [0.1, 0.15) is 0 Å². The van der Waals surface area contributed by atoms with Gasteiger partial charge in [0.25, 0.3) is 0 Å². The lowest BCUT2D eigenvalue weighted by atomic mass is 10.1. The fourth-order valence-corrected chi connectivity index (χ4v) is 2.24. The summed E-state index contributed by atoms with van der Waals surface area (Å²) < 4.78 is 1.95. The molecular weight excluding hydrogens is 358 g/mol. The van der Waals surface area contributed by atoms with Crippen LogP contribution in [-0.4, -0.2) is 5.91 Å². The van der Waals surface area contributed by atoms with Gasteiger partial charge in [-0.05, 0) is 35.9 Å². The molecule has 92 valence electrons. The van der Waals surface area contributed by atoms with E-state index in [1.54, 1.807) is 0 Å². The molecule has 0 saturated carbocycles. The van der Waals surface area contributed by atoms with Crippen LogP contribution in [-0.2, 0) is 11.2 Å². The highest BCUT2D eigenvalue weighted by atomic mass is 79.9. The second-order valence-electron chi connectivity index (χ2n) is 3.82. The zero-order chi connectivity index (χ0) is 13.0. The Balaban J connectivity index is 2.01. The van der Waals surface area contributed by atoms with Gasteiger partial charge in [0.05, 0.1) is 6.42 Å². The van der Waals surface area contributed by atoms with E-state index in [9.17, 15) is 4.79 Å². The highest BCUT2D eigenvalue weighted by molar-refractivity contribution is 9.10. The third-order valence-electron chi connectivity index (χ3n) is 2.44. The first-order valence-electron chi connectivity index (χ1n) is 5.44. The highest BCUT2D eigenvalue weighted by Gasteiger charge is 2.06. The Morgan fingerprint density at radius 2 is 1.67 bits per heavy atom. The Kier molecular flexibility index (Phi) is 4.55. The van der Waals surface area contributed by atoms with Gasteiger partial charge in [0, 0.05) is 14.6 Å². The van der Waals surface area contributed by atoms with Gasteiger partial charge in [-0.15, -0.1) is 0 Å². The summed E-state index contributed by atoms with van der Waals surface area (Å²) in [7, 11) is 0. The molecule has 0 aliphatic heterocycles. The van der Waals surface area contributed by atoms with E-state index in [1.165, 1.54) is 0 Å². The van der Waals surface area contributed by atoms with E-state index >= 15 is 0 Å². The number of carbonyl (C=O) groups is 1. The first kappa shape index (κ1) is 13.3. The molecule has 0 unspecified atom stereocenters. The Morgan fingerprint density at radius 3 is 2.33 bits per heavy atom. The Morgan fingerprint density at radius 1 is 1.00 bits per heavy atom. The number of hydrogen-bond donors (Lipinski definition) is 1. The monoisotopic (exact) mass is 367 g/mol. The largest absolute Gasteiger partial charge is 0.326 e. The van der Waals surface area contributed by atoms with Gasteiger partial charge in [0.2, 0.25) is 5.91 Å². The first-order chi connectivity index (χ1) is 8.65. The van der Waals surface area contributed by atoms with Crippen LogP contribution in [0.25, 0.3) is 0 Å². The standard InChI is InChI=1S/C14H11Br2NO/c15-11-5-7-12(8-6-11)17-14(18)9-10-3-1-2-4-13(10)16/h1-8H,9H2,(H,17,18). The minimum absolute atomic E-state index is 0.0239. The van der Waals surface area contributed by atoms with Gasteiger partial charge in [-0.25, -0.2) is 0 Å². The van der Waals surface area contributed by atoms with Crippen LogP contribution < -0.4 is 5.32 Å². The SMILES string of the molecule is O=C(Cc1ccccc1Br)Nc1ccc(Br)cc1. The first-order valence-corrected chi connectivity index (χ1v) is 7.02. The second-order valence-corrected chi connectivity index (χ2v) is 5.59. The third kappa shape index (κ3) is 3.68. The van der Waals surface area contributed by atoms with Gasteiger partial charge >= 0.3 is 0 Å². The number of benzene rings is 2. The van der Waals surface area contributed by atoms with Crippen LogP contribution in [0.4, 0.5) is 5.69 Å². The minimum atomic E-state index is -0.0239. The van der Waals surface area contributed by atoms with E-state index in [0.717, 1.165) is 20.2 Å². The summed E-state index contributed by atoms with van der Waals surface area (Å²) >= 11 is 6.79. The van der Waals surface area contributed by atoms with Gasteiger partial charge in [-0.2, -0.15) is 0 Å². The van der Waals surface area contributed by atoms with Crippen molar-refractivity contribution in [2.24, 2.45) is 0 Å². The molecule has 2 aromatic carbocycles. The van der Waals surface area contributed by atoms with Crippen molar-refractivity contribution in [3.05, 3.63) is 63.0 Å². The zero-order valence-electron chi connectivity index (χ0n) is 9.49. The van der Waals surface area contributed by atoms with Gasteiger partial charge < -0.3 is 5.32 Å². The lowest BCUT2D eigenvalue weighted by molar-refractivity contribution is -0.115. The molecule has 0 fully saturated rings. The van der Waals surface area contributed by atoms with Crippen LogP contribution in [0.15, 0.2) is 57.5 Å². The number of nitrogens with one attached hydrogen (secondary N) is 1. The molecule has 2 nitrogen and oxygen atoms in total. The van der Waals surface area contributed by atoms with Crippen molar-refractivity contribution in [3.8, 4) is 0 Å². The molecule has 0 spiro atoms. The van der Waals surface area contributed by atoms with Crippen molar-refractivity contribution < 1.29 is 4.79 Å². The molecule has 0 aromatic heterocycles. The third-order valence-corrected chi connectivity index (χ3v) is 3.74. The summed E-state index contributed by atoms with van der Waals surface area (Å²) in [5.74, 6) is -0.0239. The topological polar surface area (TPSA) is 29.1 Å². The predicted molar refractivity (Wildman–Crippen MR) is 80.6 cm³/mol. The average Bonchev–Trinajstić information content (AvgIpc) is 2.35.